The SMILES string of the molecule is COc1cccc(Cl)c1C(CN)NCC1CC1C. The Kier molecular flexibility index (Phi) is 4.49. The fraction of sp³-hybridized carbons (Fsp3) is 0.571. The third-order valence-corrected chi connectivity index (χ3v) is 4.05. The molecule has 1 fully saturated rings. The average Bonchev–Trinajstić information content (AvgIpc) is 3.07. The van der Waals surface area contributed by atoms with Gasteiger partial charge in [-0.3, -0.25) is 0 Å². The molecule has 0 spiro atoms. The maximum atomic E-state index is 6.27. The van der Waals surface area contributed by atoms with Crippen LogP contribution >= 0.6 is 11.6 Å². The second-order valence-electron chi connectivity index (χ2n) is 5.03. The number of hydrogen-bond acceptors (Lipinski definition) is 3. The summed E-state index contributed by atoms with van der Waals surface area (Å²) in [5, 5.41) is 4.21. The summed E-state index contributed by atoms with van der Waals surface area (Å²) in [6.07, 6.45) is 1.31. The van der Waals surface area contributed by atoms with Crippen molar-refractivity contribution in [2.24, 2.45) is 17.6 Å². The highest BCUT2D eigenvalue weighted by molar-refractivity contribution is 6.31. The summed E-state index contributed by atoms with van der Waals surface area (Å²) in [6, 6.07) is 5.75. The number of ether oxygens (including phenoxy) is 1. The second kappa shape index (κ2) is 5.91. The normalized spacial score (nSPS) is 23.8. The summed E-state index contributed by atoms with van der Waals surface area (Å²) in [5.74, 6) is 2.42. The largest absolute Gasteiger partial charge is 0.496 e. The predicted molar refractivity (Wildman–Crippen MR) is 75.1 cm³/mol. The number of hydrogen-bond donors (Lipinski definition) is 2. The molecule has 0 saturated heterocycles. The molecule has 3 atom stereocenters. The highest BCUT2D eigenvalue weighted by Gasteiger charge is 2.32. The Balaban J connectivity index is 2.10. The Bertz CT molecular complexity index is 411. The molecule has 18 heavy (non-hydrogen) atoms. The highest BCUT2D eigenvalue weighted by Crippen LogP contribution is 2.38. The first kappa shape index (κ1) is 13.7. The zero-order valence-electron chi connectivity index (χ0n) is 10.9. The maximum Gasteiger partial charge on any atom is 0.125 e. The molecule has 2 rings (SSSR count). The van der Waals surface area contributed by atoms with Crippen LogP contribution in [0.4, 0.5) is 0 Å². The minimum absolute atomic E-state index is 0.0569. The Labute approximate surface area is 114 Å². The van der Waals surface area contributed by atoms with Gasteiger partial charge in [-0.05, 0) is 36.9 Å². The van der Waals surface area contributed by atoms with Crippen molar-refractivity contribution in [3.05, 3.63) is 28.8 Å². The average molecular weight is 269 g/mol. The molecule has 1 aromatic carbocycles. The first-order chi connectivity index (χ1) is 8.67. The lowest BCUT2D eigenvalue weighted by atomic mass is 10.1. The zero-order chi connectivity index (χ0) is 13.1. The summed E-state index contributed by atoms with van der Waals surface area (Å²) in [5.41, 5.74) is 6.83. The monoisotopic (exact) mass is 268 g/mol. The van der Waals surface area contributed by atoms with Crippen LogP contribution in [0.25, 0.3) is 0 Å². The third kappa shape index (κ3) is 2.97. The third-order valence-electron chi connectivity index (χ3n) is 3.72. The summed E-state index contributed by atoms with van der Waals surface area (Å²) >= 11 is 6.27. The van der Waals surface area contributed by atoms with E-state index in [9.17, 15) is 0 Å². The molecule has 4 heteroatoms. The van der Waals surface area contributed by atoms with E-state index in [4.69, 9.17) is 22.1 Å². The maximum absolute atomic E-state index is 6.27. The van der Waals surface area contributed by atoms with Crippen molar-refractivity contribution >= 4 is 11.6 Å². The van der Waals surface area contributed by atoms with Gasteiger partial charge in [0.1, 0.15) is 5.75 Å². The van der Waals surface area contributed by atoms with Gasteiger partial charge in [0.2, 0.25) is 0 Å². The summed E-state index contributed by atoms with van der Waals surface area (Å²) in [4.78, 5) is 0. The van der Waals surface area contributed by atoms with Crippen LogP contribution < -0.4 is 15.8 Å². The van der Waals surface area contributed by atoms with Crippen molar-refractivity contribution in [2.45, 2.75) is 19.4 Å². The number of benzene rings is 1. The first-order valence-electron chi connectivity index (χ1n) is 6.43. The van der Waals surface area contributed by atoms with Crippen molar-refractivity contribution in [3.8, 4) is 5.75 Å². The minimum atomic E-state index is 0.0569. The lowest BCUT2D eigenvalue weighted by Crippen LogP contribution is -2.30. The van der Waals surface area contributed by atoms with Gasteiger partial charge in [-0.2, -0.15) is 0 Å². The predicted octanol–water partition coefficient (Wildman–Crippen LogP) is 2.59. The molecule has 100 valence electrons. The van der Waals surface area contributed by atoms with E-state index in [0.29, 0.717) is 11.6 Å². The van der Waals surface area contributed by atoms with E-state index >= 15 is 0 Å². The van der Waals surface area contributed by atoms with Gasteiger partial charge in [0.05, 0.1) is 7.11 Å². The van der Waals surface area contributed by atoms with Gasteiger partial charge in [0, 0.05) is 23.2 Å². The lowest BCUT2D eigenvalue weighted by molar-refractivity contribution is 0.398. The molecular weight excluding hydrogens is 248 g/mol. The van der Waals surface area contributed by atoms with Crippen molar-refractivity contribution in [1.82, 2.24) is 5.32 Å². The van der Waals surface area contributed by atoms with Crippen LogP contribution in [0.1, 0.15) is 24.9 Å². The Hall–Kier alpha value is -0.770. The van der Waals surface area contributed by atoms with E-state index in [0.717, 1.165) is 29.7 Å². The number of nitrogens with one attached hydrogen (secondary N) is 1. The number of halogens is 1. The van der Waals surface area contributed by atoms with Crippen molar-refractivity contribution < 1.29 is 4.74 Å². The van der Waals surface area contributed by atoms with Gasteiger partial charge in [-0.15, -0.1) is 0 Å². The van der Waals surface area contributed by atoms with E-state index < -0.39 is 0 Å². The van der Waals surface area contributed by atoms with E-state index in [2.05, 4.69) is 12.2 Å². The Morgan fingerprint density at radius 2 is 2.28 bits per heavy atom. The first-order valence-corrected chi connectivity index (χ1v) is 6.81. The molecule has 1 aliphatic carbocycles. The number of nitrogens with two attached hydrogens (primary N) is 1. The summed E-state index contributed by atoms with van der Waals surface area (Å²) in [6.45, 7) is 3.79. The fourth-order valence-electron chi connectivity index (χ4n) is 2.31. The quantitative estimate of drug-likeness (QED) is 0.834. The van der Waals surface area contributed by atoms with Crippen LogP contribution in [0.5, 0.6) is 5.75 Å². The van der Waals surface area contributed by atoms with Crippen LogP contribution in [-0.2, 0) is 0 Å². The van der Waals surface area contributed by atoms with Crippen LogP contribution in [0.15, 0.2) is 18.2 Å². The molecule has 0 bridgehead atoms. The number of methoxy groups -OCH3 is 1. The standard InChI is InChI=1S/C14H21ClN2O/c1-9-6-10(9)8-17-12(7-16)14-11(15)4-3-5-13(14)18-2/h3-5,9-10,12,17H,6-8,16H2,1-2H3. The molecule has 1 saturated carbocycles. The van der Waals surface area contributed by atoms with E-state index in [1.807, 2.05) is 18.2 Å². The second-order valence-corrected chi connectivity index (χ2v) is 5.43. The van der Waals surface area contributed by atoms with Gasteiger partial charge in [-0.1, -0.05) is 24.6 Å². The highest BCUT2D eigenvalue weighted by atomic mass is 35.5. The molecular formula is C14H21ClN2O. The van der Waals surface area contributed by atoms with Gasteiger partial charge in [0.25, 0.3) is 0 Å². The fourth-order valence-corrected chi connectivity index (χ4v) is 2.61. The van der Waals surface area contributed by atoms with Crippen LogP contribution in [0.3, 0.4) is 0 Å². The molecule has 0 amide bonds. The van der Waals surface area contributed by atoms with E-state index in [1.165, 1.54) is 6.42 Å². The molecule has 0 heterocycles. The molecule has 0 radical (unpaired) electrons. The molecule has 3 nitrogen and oxygen atoms in total. The number of rotatable bonds is 6. The van der Waals surface area contributed by atoms with Crippen molar-refractivity contribution in [2.75, 3.05) is 20.2 Å². The van der Waals surface area contributed by atoms with Gasteiger partial charge < -0.3 is 15.8 Å². The van der Waals surface area contributed by atoms with Gasteiger partial charge >= 0.3 is 0 Å². The summed E-state index contributed by atoms with van der Waals surface area (Å²) in [7, 11) is 1.66. The van der Waals surface area contributed by atoms with Crippen LogP contribution in [0, 0.1) is 11.8 Å². The smallest absolute Gasteiger partial charge is 0.125 e. The van der Waals surface area contributed by atoms with E-state index in [-0.39, 0.29) is 6.04 Å². The van der Waals surface area contributed by atoms with E-state index in [1.54, 1.807) is 7.11 Å². The molecule has 0 aliphatic heterocycles. The minimum Gasteiger partial charge on any atom is -0.496 e. The van der Waals surface area contributed by atoms with Crippen molar-refractivity contribution in [3.63, 3.8) is 0 Å². The molecule has 3 N–H and O–H groups in total. The van der Waals surface area contributed by atoms with Crippen LogP contribution in [-0.4, -0.2) is 20.2 Å². The molecule has 1 aromatic rings. The molecule has 3 unspecified atom stereocenters. The zero-order valence-corrected chi connectivity index (χ0v) is 11.7. The van der Waals surface area contributed by atoms with Gasteiger partial charge in [0.15, 0.2) is 0 Å². The van der Waals surface area contributed by atoms with Crippen molar-refractivity contribution in [1.29, 1.82) is 0 Å². The Morgan fingerprint density at radius 1 is 1.56 bits per heavy atom. The lowest BCUT2D eigenvalue weighted by Gasteiger charge is -2.21. The molecule has 1 aliphatic rings. The van der Waals surface area contributed by atoms with Gasteiger partial charge in [-0.25, -0.2) is 0 Å². The molecule has 0 aromatic heterocycles. The Morgan fingerprint density at radius 3 is 2.83 bits per heavy atom. The topological polar surface area (TPSA) is 47.3 Å². The van der Waals surface area contributed by atoms with Crippen LogP contribution in [0.2, 0.25) is 5.02 Å². The summed E-state index contributed by atoms with van der Waals surface area (Å²) < 4.78 is 5.37.